The van der Waals surface area contributed by atoms with Crippen molar-refractivity contribution in [1.82, 2.24) is 0 Å². The Morgan fingerprint density at radius 2 is 1.07 bits per heavy atom. The number of nitrogens with zero attached hydrogens (tertiary/aromatic N) is 1. The van der Waals surface area contributed by atoms with Crippen LogP contribution in [0.5, 0.6) is 0 Å². The van der Waals surface area contributed by atoms with E-state index in [0.29, 0.717) is 23.9 Å². The van der Waals surface area contributed by atoms with E-state index in [9.17, 15) is 19.5 Å². The number of unbranched alkanes of at least 4 members (excludes halogenated alkanes) is 9. The third kappa shape index (κ3) is 37.1. The number of hydrogen-bond acceptors (Lipinski definition) is 8. The summed E-state index contributed by atoms with van der Waals surface area (Å²) in [5.41, 5.74) is 0. The minimum atomic E-state index is -1.64. The molecule has 308 valence electrons. The van der Waals surface area contributed by atoms with Crippen LogP contribution in [0, 0.1) is 0 Å². The Labute approximate surface area is 328 Å². The maximum absolute atomic E-state index is 12.7. The smallest absolute Gasteiger partial charge is 0.306 e. The third-order valence-corrected chi connectivity index (χ3v) is 8.19. The molecule has 9 heteroatoms. The summed E-state index contributed by atoms with van der Waals surface area (Å²) in [5, 5.41) is 11.7. The second kappa shape index (κ2) is 36.7. The van der Waals surface area contributed by atoms with Crippen LogP contribution < -0.4 is 5.11 Å². The molecule has 0 heterocycles. The van der Waals surface area contributed by atoms with Crippen LogP contribution in [0.2, 0.25) is 0 Å². The molecule has 9 nitrogen and oxygen atoms in total. The Kier molecular flexibility index (Phi) is 34.5. The van der Waals surface area contributed by atoms with Crippen LogP contribution in [-0.4, -0.2) is 82.3 Å². The molecule has 0 rings (SSSR count). The number of allylic oxidation sites excluding steroid dienone is 12. The second-order valence-electron chi connectivity index (χ2n) is 14.5. The van der Waals surface area contributed by atoms with Crippen LogP contribution in [0.1, 0.15) is 136 Å². The van der Waals surface area contributed by atoms with Crippen molar-refractivity contribution in [2.24, 2.45) is 0 Å². The zero-order valence-corrected chi connectivity index (χ0v) is 34.6. The van der Waals surface area contributed by atoms with Crippen molar-refractivity contribution in [3.8, 4) is 0 Å². The first-order valence-corrected chi connectivity index (χ1v) is 20.6. The van der Waals surface area contributed by atoms with Crippen molar-refractivity contribution in [3.05, 3.63) is 72.9 Å². The molecule has 0 aromatic rings. The van der Waals surface area contributed by atoms with E-state index >= 15 is 0 Å². The van der Waals surface area contributed by atoms with E-state index in [0.717, 1.165) is 77.0 Å². The van der Waals surface area contributed by atoms with E-state index in [2.05, 4.69) is 80.7 Å². The molecule has 0 aliphatic heterocycles. The van der Waals surface area contributed by atoms with Crippen LogP contribution in [0.4, 0.5) is 0 Å². The molecule has 2 unspecified atom stereocenters. The Morgan fingerprint density at radius 3 is 1.65 bits per heavy atom. The van der Waals surface area contributed by atoms with E-state index in [1.165, 1.54) is 19.3 Å². The molecule has 0 bridgehead atoms. The van der Waals surface area contributed by atoms with Gasteiger partial charge in [-0.1, -0.05) is 119 Å². The Balaban J connectivity index is 4.63. The van der Waals surface area contributed by atoms with Crippen molar-refractivity contribution in [1.29, 1.82) is 0 Å². The van der Waals surface area contributed by atoms with Gasteiger partial charge < -0.3 is 33.3 Å². The lowest BCUT2D eigenvalue weighted by Crippen LogP contribution is -2.44. The van der Waals surface area contributed by atoms with Gasteiger partial charge in [0, 0.05) is 12.8 Å². The number of carboxylic acids is 1. The molecule has 0 aliphatic carbocycles. The fourth-order valence-corrected chi connectivity index (χ4v) is 4.97. The standard InChI is InChI=1S/C45H75NO8/c1-6-8-10-12-14-16-18-20-21-22-23-24-26-28-30-32-34-36-43(48)54-41(40-53-45(44(49)50)51-38-37-46(3,4)5)39-52-42(47)35-33-31-29-27-25-19-17-15-13-11-9-7-2/h8,10,14-17,20-21,23-24,28,30,41,45H,6-7,9,11-13,18-19,22,25-27,29,31-40H2,1-5H3/b10-8-,16-14-,17-15-,21-20-,24-23-,30-28-. The van der Waals surface area contributed by atoms with Gasteiger partial charge in [-0.05, 0) is 77.0 Å². The molecular weight excluding hydrogens is 682 g/mol. The van der Waals surface area contributed by atoms with E-state index in [-0.39, 0.29) is 38.6 Å². The lowest BCUT2D eigenvalue weighted by atomic mass is 10.1. The fraction of sp³-hybridized carbons (Fsp3) is 0.667. The largest absolute Gasteiger partial charge is 0.545 e. The number of carbonyl (C=O) groups is 3. The summed E-state index contributed by atoms with van der Waals surface area (Å²) < 4.78 is 22.4. The summed E-state index contributed by atoms with van der Waals surface area (Å²) in [6, 6.07) is 0. The lowest BCUT2D eigenvalue weighted by molar-refractivity contribution is -0.870. The highest BCUT2D eigenvalue weighted by molar-refractivity contribution is 5.70. The molecule has 0 fully saturated rings. The van der Waals surface area contributed by atoms with Gasteiger partial charge in [0.05, 0.1) is 40.3 Å². The number of likely N-dealkylation sites (N-methyl/N-ethyl adjacent to an activating group) is 1. The third-order valence-electron chi connectivity index (χ3n) is 8.19. The summed E-state index contributed by atoms with van der Waals surface area (Å²) in [4.78, 5) is 36.8. The first-order chi connectivity index (χ1) is 26.1. The molecule has 2 atom stereocenters. The molecule has 0 aromatic heterocycles. The van der Waals surface area contributed by atoms with Crippen molar-refractivity contribution in [3.63, 3.8) is 0 Å². The SMILES string of the molecule is CC/C=C\C/C=C\C/C=C\C/C=C\C/C=C\CCCC(=O)OC(COC(=O)CCCCCCC/C=C\CCCCC)COC(OCC[N+](C)(C)C)C(=O)[O-]. The average Bonchev–Trinajstić information content (AvgIpc) is 3.12. The number of aliphatic carboxylic acids is 1. The van der Waals surface area contributed by atoms with Crippen molar-refractivity contribution in [2.75, 3.05) is 47.5 Å². The lowest BCUT2D eigenvalue weighted by Gasteiger charge is -2.26. The zero-order valence-electron chi connectivity index (χ0n) is 34.6. The predicted molar refractivity (Wildman–Crippen MR) is 218 cm³/mol. The zero-order chi connectivity index (χ0) is 40.0. The first kappa shape index (κ1) is 50.7. The van der Waals surface area contributed by atoms with Crippen LogP contribution >= 0.6 is 0 Å². The summed E-state index contributed by atoms with van der Waals surface area (Å²) in [5.74, 6) is -2.39. The summed E-state index contributed by atoms with van der Waals surface area (Å²) in [6.07, 6.45) is 40.8. The quantitative estimate of drug-likeness (QED) is 0.0205. The molecular formula is C45H75NO8. The van der Waals surface area contributed by atoms with Crippen LogP contribution in [0.15, 0.2) is 72.9 Å². The van der Waals surface area contributed by atoms with Gasteiger partial charge in [0.25, 0.3) is 0 Å². The van der Waals surface area contributed by atoms with E-state index < -0.39 is 24.3 Å². The fourth-order valence-electron chi connectivity index (χ4n) is 4.97. The highest BCUT2D eigenvalue weighted by atomic mass is 16.7. The van der Waals surface area contributed by atoms with Gasteiger partial charge in [0.2, 0.25) is 0 Å². The molecule has 0 amide bonds. The molecule has 0 aromatic carbocycles. The number of ether oxygens (including phenoxy) is 4. The Hall–Kier alpha value is -3.27. The maximum atomic E-state index is 12.7. The topological polar surface area (TPSA) is 111 Å². The van der Waals surface area contributed by atoms with Gasteiger partial charge >= 0.3 is 11.9 Å². The molecule has 0 N–H and O–H groups in total. The maximum Gasteiger partial charge on any atom is 0.306 e. The van der Waals surface area contributed by atoms with Gasteiger partial charge in [-0.25, -0.2) is 0 Å². The van der Waals surface area contributed by atoms with E-state index in [1.807, 2.05) is 27.2 Å². The number of esters is 2. The predicted octanol–water partition coefficient (Wildman–Crippen LogP) is 9.05. The highest BCUT2D eigenvalue weighted by Gasteiger charge is 2.21. The summed E-state index contributed by atoms with van der Waals surface area (Å²) in [7, 11) is 5.87. The van der Waals surface area contributed by atoms with Gasteiger partial charge in [0.15, 0.2) is 12.4 Å². The minimum absolute atomic E-state index is 0.132. The molecule has 0 spiro atoms. The highest BCUT2D eigenvalue weighted by Crippen LogP contribution is 2.11. The molecule has 0 saturated carbocycles. The summed E-state index contributed by atoms with van der Waals surface area (Å²) in [6.45, 7) is 4.49. The Morgan fingerprint density at radius 1 is 0.574 bits per heavy atom. The average molecular weight is 758 g/mol. The number of hydrogen-bond donors (Lipinski definition) is 0. The molecule has 54 heavy (non-hydrogen) atoms. The van der Waals surface area contributed by atoms with E-state index in [4.69, 9.17) is 18.9 Å². The van der Waals surface area contributed by atoms with Crippen molar-refractivity contribution in [2.45, 2.75) is 148 Å². The van der Waals surface area contributed by atoms with Gasteiger partial charge in [-0.15, -0.1) is 0 Å². The van der Waals surface area contributed by atoms with Crippen molar-refractivity contribution < 1.29 is 42.9 Å². The number of rotatable bonds is 36. The van der Waals surface area contributed by atoms with Gasteiger partial charge in [-0.3, -0.25) is 9.59 Å². The second-order valence-corrected chi connectivity index (χ2v) is 14.5. The van der Waals surface area contributed by atoms with E-state index in [1.54, 1.807) is 0 Å². The van der Waals surface area contributed by atoms with Crippen LogP contribution in [0.25, 0.3) is 0 Å². The summed E-state index contributed by atoms with van der Waals surface area (Å²) >= 11 is 0. The number of carboxylic acid groups (broad SMARTS) is 1. The van der Waals surface area contributed by atoms with Crippen LogP contribution in [-0.2, 0) is 33.3 Å². The molecule has 0 radical (unpaired) electrons. The van der Waals surface area contributed by atoms with Gasteiger partial charge in [-0.2, -0.15) is 0 Å². The normalized spacial score (nSPS) is 13.7. The number of quaternary nitrogens is 1. The molecule has 0 aliphatic rings. The van der Waals surface area contributed by atoms with Crippen molar-refractivity contribution >= 4 is 17.9 Å². The van der Waals surface area contributed by atoms with Crippen LogP contribution in [0.3, 0.4) is 0 Å². The minimum Gasteiger partial charge on any atom is -0.545 e. The first-order valence-electron chi connectivity index (χ1n) is 20.6. The Bertz CT molecular complexity index is 1120. The molecule has 0 saturated heterocycles. The monoisotopic (exact) mass is 758 g/mol. The number of carbonyl (C=O) groups excluding carboxylic acids is 3. The van der Waals surface area contributed by atoms with Gasteiger partial charge in [0.1, 0.15) is 13.2 Å².